The van der Waals surface area contributed by atoms with Crippen LogP contribution in [0.1, 0.15) is 36.9 Å². The smallest absolute Gasteiger partial charge is 0.238 e. The molecule has 36 heavy (non-hydrogen) atoms. The zero-order valence-electron chi connectivity index (χ0n) is 20.7. The summed E-state index contributed by atoms with van der Waals surface area (Å²) in [5.74, 6) is -0.0223. The summed E-state index contributed by atoms with van der Waals surface area (Å²) in [5, 5.41) is 13.9. The van der Waals surface area contributed by atoms with Crippen molar-refractivity contribution in [3.8, 4) is 10.4 Å². The van der Waals surface area contributed by atoms with Gasteiger partial charge in [-0.3, -0.25) is 24.2 Å². The molecule has 4 aromatic heterocycles. The lowest BCUT2D eigenvalue weighted by Gasteiger charge is -2.23. The van der Waals surface area contributed by atoms with Crippen LogP contribution in [0.5, 0.6) is 0 Å². The van der Waals surface area contributed by atoms with E-state index in [0.29, 0.717) is 29.9 Å². The molecule has 2 fully saturated rings. The number of nitrogens with one attached hydrogen (secondary N) is 2. The quantitative estimate of drug-likeness (QED) is 0.387. The minimum Gasteiger partial charge on any atom is -0.327 e. The van der Waals surface area contributed by atoms with Crippen molar-refractivity contribution < 1.29 is 9.59 Å². The number of likely N-dealkylation sites (tertiary alicyclic amines) is 1. The predicted molar refractivity (Wildman–Crippen MR) is 140 cm³/mol. The Morgan fingerprint density at radius 3 is 2.69 bits per heavy atom. The normalized spacial score (nSPS) is 16.1. The van der Waals surface area contributed by atoms with Crippen molar-refractivity contribution in [3.63, 3.8) is 0 Å². The zero-order valence-corrected chi connectivity index (χ0v) is 21.5. The molecule has 0 unspecified atom stereocenters. The summed E-state index contributed by atoms with van der Waals surface area (Å²) in [7, 11) is 1.92. The molecule has 6 rings (SSSR count). The number of thiazole rings is 1. The van der Waals surface area contributed by atoms with Crippen molar-refractivity contribution in [2.24, 2.45) is 7.05 Å². The number of hydrogen-bond donors (Lipinski definition) is 2. The number of amides is 2. The van der Waals surface area contributed by atoms with Crippen LogP contribution in [0.15, 0.2) is 37.1 Å². The minimum atomic E-state index is -0.0223. The summed E-state index contributed by atoms with van der Waals surface area (Å²) in [6.07, 6.45) is 14.9. The number of aromatic nitrogens is 5. The van der Waals surface area contributed by atoms with Gasteiger partial charge < -0.3 is 10.6 Å². The summed E-state index contributed by atoms with van der Waals surface area (Å²) in [6.45, 7) is 5.33. The molecule has 1 spiro atoms. The highest BCUT2D eigenvalue weighted by molar-refractivity contribution is 7.20. The predicted octanol–water partition coefficient (Wildman–Crippen LogP) is 3.63. The number of nitrogens with zero attached hydrogens (tertiary/aromatic N) is 6. The summed E-state index contributed by atoms with van der Waals surface area (Å²) in [6, 6.07) is 1.73. The van der Waals surface area contributed by atoms with Gasteiger partial charge in [0.1, 0.15) is 4.83 Å². The summed E-state index contributed by atoms with van der Waals surface area (Å²) in [4.78, 5) is 31.6. The first kappa shape index (κ1) is 24.1. The van der Waals surface area contributed by atoms with E-state index in [9.17, 15) is 9.59 Å². The second-order valence-electron chi connectivity index (χ2n) is 9.49. The lowest BCUT2D eigenvalue weighted by atomic mass is 10.2. The van der Waals surface area contributed by atoms with E-state index >= 15 is 0 Å². The molecule has 1 aliphatic carbocycles. The summed E-state index contributed by atoms with van der Waals surface area (Å²) in [5.41, 5.74) is 4.63. The number of hydrogen-bond acceptors (Lipinski definition) is 7. The lowest BCUT2D eigenvalue weighted by molar-refractivity contribution is -0.117. The molecular weight excluding hydrogens is 476 g/mol. The van der Waals surface area contributed by atoms with Crippen molar-refractivity contribution in [1.29, 1.82) is 0 Å². The maximum absolute atomic E-state index is 12.2. The van der Waals surface area contributed by atoms with Crippen molar-refractivity contribution in [2.45, 2.75) is 45.1 Å². The molecule has 1 aliphatic heterocycles. The number of anilines is 2. The number of pyridine rings is 1. The third-order valence-electron chi connectivity index (χ3n) is 6.84. The average molecular weight is 507 g/mol. The van der Waals surface area contributed by atoms with Crippen LogP contribution in [0.3, 0.4) is 0 Å². The minimum absolute atomic E-state index is 0.0223. The van der Waals surface area contributed by atoms with Crippen LogP contribution in [0.25, 0.3) is 15.3 Å². The van der Waals surface area contributed by atoms with E-state index in [0.717, 1.165) is 17.8 Å². The van der Waals surface area contributed by atoms with E-state index in [1.165, 1.54) is 41.0 Å². The fourth-order valence-electron chi connectivity index (χ4n) is 4.72. The highest BCUT2D eigenvalue weighted by Gasteiger charge is 2.50. The van der Waals surface area contributed by atoms with Gasteiger partial charge in [0.2, 0.25) is 12.3 Å². The van der Waals surface area contributed by atoms with E-state index in [-0.39, 0.29) is 5.91 Å². The molecule has 1 saturated heterocycles. The second-order valence-corrected chi connectivity index (χ2v) is 10.5. The standard InChI is InChI=1S/C15H20N4O2.C10H10N4S/c1-11-13(17-10-20)7-12(8-16-11)18-14(21)9-19-6-2-3-15(19)4-5-15;1-7-3-12-14-6-9(15-10(7)14)8-4-11-13(2)5-8/h7-8,10H,2-6,9H2,1H3,(H,17,20)(H,18,21);3-6H,1-2H3. The third kappa shape index (κ3) is 5.02. The first-order valence-corrected chi connectivity index (χ1v) is 12.8. The Hall–Kier alpha value is -3.57. The number of rotatable bonds is 6. The average Bonchev–Trinajstić information content (AvgIpc) is 3.17. The molecule has 1 saturated carbocycles. The van der Waals surface area contributed by atoms with E-state index in [2.05, 4.69) is 37.6 Å². The monoisotopic (exact) mass is 506 g/mol. The Morgan fingerprint density at radius 2 is 2.00 bits per heavy atom. The summed E-state index contributed by atoms with van der Waals surface area (Å²) < 4.78 is 3.73. The molecule has 0 atom stereocenters. The SMILES string of the molecule is Cc1cnn2cc(-c3cnn(C)c3)sc12.Cc1ncc(NC(=O)CN2CCCC23CC3)cc1NC=O. The third-order valence-corrected chi connectivity index (χ3v) is 8.11. The maximum Gasteiger partial charge on any atom is 0.238 e. The van der Waals surface area contributed by atoms with Gasteiger partial charge in [0, 0.05) is 36.1 Å². The Bertz CT molecular complexity index is 1400. The van der Waals surface area contributed by atoms with Gasteiger partial charge in [-0.05, 0) is 52.1 Å². The molecule has 2 amide bonds. The van der Waals surface area contributed by atoms with Crippen molar-refractivity contribution >= 4 is 39.9 Å². The summed E-state index contributed by atoms with van der Waals surface area (Å²) >= 11 is 1.74. The second kappa shape index (κ2) is 9.82. The van der Waals surface area contributed by atoms with Gasteiger partial charge in [-0.1, -0.05) is 0 Å². The maximum atomic E-state index is 12.2. The number of carbonyl (C=O) groups excluding carboxylic acids is 2. The molecule has 188 valence electrons. The molecule has 0 radical (unpaired) electrons. The van der Waals surface area contributed by atoms with Crippen molar-refractivity contribution in [2.75, 3.05) is 23.7 Å². The van der Waals surface area contributed by atoms with Gasteiger partial charge >= 0.3 is 0 Å². The van der Waals surface area contributed by atoms with Crippen LogP contribution in [0.4, 0.5) is 11.4 Å². The molecular formula is C25H30N8O2S. The first-order chi connectivity index (χ1) is 17.4. The molecule has 2 N–H and O–H groups in total. The van der Waals surface area contributed by atoms with Crippen molar-refractivity contribution in [1.82, 2.24) is 29.3 Å². The largest absolute Gasteiger partial charge is 0.327 e. The Kier molecular flexibility index (Phi) is 6.59. The molecule has 2 aliphatic rings. The van der Waals surface area contributed by atoms with Crippen LogP contribution in [0, 0.1) is 13.8 Å². The van der Waals surface area contributed by atoms with Crippen LogP contribution >= 0.6 is 11.3 Å². The fraction of sp³-hybridized carbons (Fsp3) is 0.400. The molecule has 4 aromatic rings. The topological polar surface area (TPSA) is 109 Å². The zero-order chi connectivity index (χ0) is 25.3. The van der Waals surface area contributed by atoms with E-state index < -0.39 is 0 Å². The highest BCUT2D eigenvalue weighted by atomic mass is 32.1. The molecule has 11 heteroatoms. The highest BCUT2D eigenvalue weighted by Crippen LogP contribution is 2.49. The van der Waals surface area contributed by atoms with Gasteiger partial charge in [-0.15, -0.1) is 11.3 Å². The molecule has 0 aromatic carbocycles. The molecule has 10 nitrogen and oxygen atoms in total. The Morgan fingerprint density at radius 1 is 1.17 bits per heavy atom. The van der Waals surface area contributed by atoms with Crippen LogP contribution in [-0.4, -0.2) is 60.2 Å². The number of fused-ring (bicyclic) bond motifs is 1. The molecule has 5 heterocycles. The van der Waals surface area contributed by atoms with Gasteiger partial charge in [-0.25, -0.2) is 4.52 Å². The Balaban J connectivity index is 0.000000156. The van der Waals surface area contributed by atoms with Gasteiger partial charge in [0.05, 0.1) is 47.1 Å². The lowest BCUT2D eigenvalue weighted by Crippen LogP contribution is -2.38. The van der Waals surface area contributed by atoms with E-state index in [4.69, 9.17) is 0 Å². The molecule has 0 bridgehead atoms. The Labute approximate surface area is 213 Å². The van der Waals surface area contributed by atoms with Crippen LogP contribution in [0.2, 0.25) is 0 Å². The van der Waals surface area contributed by atoms with Crippen molar-refractivity contribution in [3.05, 3.63) is 48.3 Å². The number of aryl methyl sites for hydroxylation is 3. The first-order valence-electron chi connectivity index (χ1n) is 12.0. The van der Waals surface area contributed by atoms with Crippen LogP contribution in [-0.2, 0) is 16.6 Å². The van der Waals surface area contributed by atoms with Crippen LogP contribution < -0.4 is 10.6 Å². The number of carbonyl (C=O) groups is 2. The fourth-order valence-corrected chi connectivity index (χ4v) is 5.71. The van der Waals surface area contributed by atoms with Gasteiger partial charge in [0.15, 0.2) is 0 Å². The van der Waals surface area contributed by atoms with E-state index in [1.54, 1.807) is 30.5 Å². The van der Waals surface area contributed by atoms with Gasteiger partial charge in [-0.2, -0.15) is 10.2 Å². The van der Waals surface area contributed by atoms with E-state index in [1.807, 2.05) is 41.0 Å². The van der Waals surface area contributed by atoms with Gasteiger partial charge in [0.25, 0.3) is 0 Å².